The Bertz CT molecular complexity index is 267. The third kappa shape index (κ3) is 6.13. The quantitative estimate of drug-likeness (QED) is 0.791. The molecule has 0 saturated heterocycles. The van der Waals surface area contributed by atoms with Crippen LogP contribution in [0.25, 0.3) is 0 Å². The Morgan fingerprint density at radius 3 is 2.35 bits per heavy atom. The van der Waals surface area contributed by atoms with Gasteiger partial charge in [0.25, 0.3) is 0 Å². The second-order valence-corrected chi connectivity index (χ2v) is 8.50. The summed E-state index contributed by atoms with van der Waals surface area (Å²) >= 11 is 0. The Kier molecular flexibility index (Phi) is 7.00. The molecular formula is C18H38N2. The average Bonchev–Trinajstić information content (AvgIpc) is 2.28. The van der Waals surface area contributed by atoms with Gasteiger partial charge in [-0.1, -0.05) is 41.5 Å². The van der Waals surface area contributed by atoms with Gasteiger partial charge in [-0.05, 0) is 56.0 Å². The van der Waals surface area contributed by atoms with Crippen LogP contribution in [-0.2, 0) is 0 Å². The molecule has 1 saturated carbocycles. The first kappa shape index (κ1) is 18.0. The van der Waals surface area contributed by atoms with E-state index in [9.17, 15) is 0 Å². The van der Waals surface area contributed by atoms with Crippen molar-refractivity contribution in [1.82, 2.24) is 10.2 Å². The Morgan fingerprint density at radius 2 is 1.85 bits per heavy atom. The maximum Gasteiger partial charge on any atom is 0.0108 e. The summed E-state index contributed by atoms with van der Waals surface area (Å²) in [6, 6.07) is 0.734. The van der Waals surface area contributed by atoms with Crippen LogP contribution < -0.4 is 5.32 Å². The first-order valence-corrected chi connectivity index (χ1v) is 8.65. The van der Waals surface area contributed by atoms with Gasteiger partial charge in [-0.3, -0.25) is 0 Å². The lowest BCUT2D eigenvalue weighted by Crippen LogP contribution is -2.46. The van der Waals surface area contributed by atoms with E-state index in [1.807, 2.05) is 0 Å². The van der Waals surface area contributed by atoms with Crippen LogP contribution in [0.4, 0.5) is 0 Å². The molecule has 0 heterocycles. The van der Waals surface area contributed by atoms with Gasteiger partial charge in [0, 0.05) is 19.1 Å². The topological polar surface area (TPSA) is 15.3 Å². The van der Waals surface area contributed by atoms with Crippen molar-refractivity contribution in [2.24, 2.45) is 23.2 Å². The summed E-state index contributed by atoms with van der Waals surface area (Å²) in [7, 11) is 2.30. The molecule has 1 aliphatic carbocycles. The van der Waals surface area contributed by atoms with Crippen LogP contribution in [0, 0.1) is 23.2 Å². The van der Waals surface area contributed by atoms with Crippen LogP contribution in [0.1, 0.15) is 60.8 Å². The monoisotopic (exact) mass is 282 g/mol. The Balaban J connectivity index is 2.59. The lowest BCUT2D eigenvalue weighted by atomic mass is 9.73. The van der Waals surface area contributed by atoms with Crippen molar-refractivity contribution in [3.8, 4) is 0 Å². The SMILES string of the molecule is CCNC1CCC(C(C)C)CC1CN(C)CC(C)(C)C. The zero-order chi connectivity index (χ0) is 15.3. The number of nitrogens with zero attached hydrogens (tertiary/aromatic N) is 1. The molecule has 2 heteroatoms. The predicted octanol–water partition coefficient (Wildman–Crippen LogP) is 4.01. The highest BCUT2D eigenvalue weighted by Gasteiger charge is 2.32. The second-order valence-electron chi connectivity index (χ2n) is 8.50. The summed E-state index contributed by atoms with van der Waals surface area (Å²) in [6.07, 6.45) is 4.18. The fourth-order valence-corrected chi connectivity index (χ4v) is 3.91. The molecule has 0 bridgehead atoms. The number of hydrogen-bond donors (Lipinski definition) is 1. The van der Waals surface area contributed by atoms with Crippen LogP contribution in [0.3, 0.4) is 0 Å². The smallest absolute Gasteiger partial charge is 0.0108 e. The Morgan fingerprint density at radius 1 is 1.20 bits per heavy atom. The van der Waals surface area contributed by atoms with E-state index in [0.717, 1.165) is 30.3 Å². The van der Waals surface area contributed by atoms with Crippen LogP contribution in [0.15, 0.2) is 0 Å². The molecule has 0 amide bonds. The summed E-state index contributed by atoms with van der Waals surface area (Å²) < 4.78 is 0. The largest absolute Gasteiger partial charge is 0.314 e. The molecule has 1 N–H and O–H groups in total. The molecule has 120 valence electrons. The van der Waals surface area contributed by atoms with Crippen LogP contribution >= 0.6 is 0 Å². The van der Waals surface area contributed by atoms with Gasteiger partial charge in [-0.15, -0.1) is 0 Å². The van der Waals surface area contributed by atoms with Gasteiger partial charge in [-0.25, -0.2) is 0 Å². The van der Waals surface area contributed by atoms with E-state index in [2.05, 4.69) is 58.8 Å². The van der Waals surface area contributed by atoms with Crippen molar-refractivity contribution < 1.29 is 0 Å². The standard InChI is InChI=1S/C18H38N2/c1-8-19-17-10-9-15(14(2)3)11-16(17)12-20(7)13-18(4,5)6/h14-17,19H,8-13H2,1-7H3. The fourth-order valence-electron chi connectivity index (χ4n) is 3.91. The van der Waals surface area contributed by atoms with Gasteiger partial charge >= 0.3 is 0 Å². The molecule has 3 unspecified atom stereocenters. The molecule has 1 fully saturated rings. The van der Waals surface area contributed by atoms with Crippen LogP contribution in [-0.4, -0.2) is 37.6 Å². The van der Waals surface area contributed by atoms with E-state index in [0.29, 0.717) is 5.41 Å². The minimum Gasteiger partial charge on any atom is -0.314 e. The van der Waals surface area contributed by atoms with E-state index in [-0.39, 0.29) is 0 Å². The maximum atomic E-state index is 3.74. The van der Waals surface area contributed by atoms with E-state index in [1.165, 1.54) is 32.4 Å². The van der Waals surface area contributed by atoms with Gasteiger partial charge < -0.3 is 10.2 Å². The summed E-state index contributed by atoms with van der Waals surface area (Å²) in [5.41, 5.74) is 0.397. The average molecular weight is 283 g/mol. The van der Waals surface area contributed by atoms with Gasteiger partial charge in [0.2, 0.25) is 0 Å². The first-order chi connectivity index (χ1) is 9.23. The van der Waals surface area contributed by atoms with Gasteiger partial charge in [0.05, 0.1) is 0 Å². The second kappa shape index (κ2) is 7.79. The highest BCUT2D eigenvalue weighted by Crippen LogP contribution is 2.34. The van der Waals surface area contributed by atoms with E-state index in [4.69, 9.17) is 0 Å². The molecular weight excluding hydrogens is 244 g/mol. The molecule has 2 nitrogen and oxygen atoms in total. The molecule has 0 aromatic heterocycles. The molecule has 3 atom stereocenters. The summed E-state index contributed by atoms with van der Waals surface area (Å²) in [6.45, 7) is 17.6. The molecule has 1 aliphatic rings. The van der Waals surface area contributed by atoms with Gasteiger partial charge in [0.15, 0.2) is 0 Å². The van der Waals surface area contributed by atoms with Gasteiger partial charge in [0.1, 0.15) is 0 Å². The first-order valence-electron chi connectivity index (χ1n) is 8.65. The summed E-state index contributed by atoms with van der Waals surface area (Å²) in [4.78, 5) is 2.55. The highest BCUT2D eigenvalue weighted by molar-refractivity contribution is 4.87. The minimum atomic E-state index is 0.397. The molecule has 0 aromatic rings. The third-order valence-electron chi connectivity index (χ3n) is 4.72. The van der Waals surface area contributed by atoms with E-state index >= 15 is 0 Å². The van der Waals surface area contributed by atoms with Gasteiger partial charge in [-0.2, -0.15) is 0 Å². The normalized spacial score (nSPS) is 28.4. The summed E-state index contributed by atoms with van der Waals surface area (Å²) in [5.74, 6) is 2.59. The molecule has 1 rings (SSSR count). The molecule has 0 aromatic carbocycles. The number of rotatable bonds is 6. The molecule has 0 aliphatic heterocycles. The van der Waals surface area contributed by atoms with Crippen molar-refractivity contribution in [2.45, 2.75) is 66.8 Å². The Hall–Kier alpha value is -0.0800. The highest BCUT2D eigenvalue weighted by atomic mass is 15.1. The Labute approximate surface area is 127 Å². The molecule has 0 spiro atoms. The zero-order valence-electron chi connectivity index (χ0n) is 15.0. The van der Waals surface area contributed by atoms with Crippen LogP contribution in [0.5, 0.6) is 0 Å². The van der Waals surface area contributed by atoms with Crippen molar-refractivity contribution in [2.75, 3.05) is 26.7 Å². The minimum absolute atomic E-state index is 0.397. The maximum absolute atomic E-state index is 3.74. The van der Waals surface area contributed by atoms with E-state index in [1.54, 1.807) is 0 Å². The van der Waals surface area contributed by atoms with Crippen molar-refractivity contribution in [3.63, 3.8) is 0 Å². The number of hydrogen-bond acceptors (Lipinski definition) is 2. The summed E-state index contributed by atoms with van der Waals surface area (Å²) in [5, 5.41) is 3.74. The zero-order valence-corrected chi connectivity index (χ0v) is 15.0. The number of nitrogens with one attached hydrogen (secondary N) is 1. The third-order valence-corrected chi connectivity index (χ3v) is 4.72. The lowest BCUT2D eigenvalue weighted by molar-refractivity contribution is 0.117. The van der Waals surface area contributed by atoms with Crippen molar-refractivity contribution >= 4 is 0 Å². The molecule has 20 heavy (non-hydrogen) atoms. The fraction of sp³-hybridized carbons (Fsp3) is 1.00. The van der Waals surface area contributed by atoms with Crippen molar-refractivity contribution in [1.29, 1.82) is 0 Å². The van der Waals surface area contributed by atoms with Crippen LogP contribution in [0.2, 0.25) is 0 Å². The predicted molar refractivity (Wildman–Crippen MR) is 90.1 cm³/mol. The van der Waals surface area contributed by atoms with E-state index < -0.39 is 0 Å². The van der Waals surface area contributed by atoms with Crippen molar-refractivity contribution in [3.05, 3.63) is 0 Å². The molecule has 0 radical (unpaired) electrons. The lowest BCUT2D eigenvalue weighted by Gasteiger charge is -2.41.